The van der Waals surface area contributed by atoms with E-state index in [1.54, 1.807) is 6.20 Å². The van der Waals surface area contributed by atoms with Crippen LogP contribution in [-0.4, -0.2) is 9.97 Å². The monoisotopic (exact) mass is 152 g/mol. The molecule has 2 N–H and O–H groups in total. The van der Waals surface area contributed by atoms with Crippen molar-refractivity contribution in [3.05, 3.63) is 29.6 Å². The highest BCUT2D eigenvalue weighted by Crippen LogP contribution is 2.01. The van der Waals surface area contributed by atoms with Gasteiger partial charge in [-0.2, -0.15) is 0 Å². The van der Waals surface area contributed by atoms with Crippen LogP contribution in [0.1, 0.15) is 11.3 Å². The first-order chi connectivity index (χ1) is 4.72. The molecule has 0 radical (unpaired) electrons. The second kappa shape index (κ2) is 2.75. The van der Waals surface area contributed by atoms with Crippen LogP contribution in [0.5, 0.6) is 0 Å². The van der Waals surface area contributed by atoms with Crippen LogP contribution >= 0.6 is 12.2 Å². The molecule has 0 bridgehead atoms. The van der Waals surface area contributed by atoms with Gasteiger partial charge in [-0.15, -0.1) is 0 Å². The van der Waals surface area contributed by atoms with Gasteiger partial charge in [0.1, 0.15) is 4.99 Å². The highest BCUT2D eigenvalue weighted by atomic mass is 32.1. The Morgan fingerprint density at radius 2 is 2.40 bits per heavy atom. The van der Waals surface area contributed by atoms with E-state index >= 15 is 0 Å². The number of hydrogen-bond donors (Lipinski definition) is 1. The van der Waals surface area contributed by atoms with Gasteiger partial charge in [-0.05, 0) is 19.1 Å². The van der Waals surface area contributed by atoms with Crippen molar-refractivity contribution in [2.75, 3.05) is 0 Å². The van der Waals surface area contributed by atoms with Crippen LogP contribution in [0.3, 0.4) is 0 Å². The first-order valence-electron chi connectivity index (χ1n) is 2.93. The summed E-state index contributed by atoms with van der Waals surface area (Å²) in [7, 11) is 0. The average Bonchev–Trinajstić information content (AvgIpc) is 1.88. The summed E-state index contributed by atoms with van der Waals surface area (Å²) in [6.45, 7) is 1.88. The van der Waals surface area contributed by atoms with E-state index in [2.05, 4.69) is 4.98 Å². The Morgan fingerprint density at radius 1 is 1.70 bits per heavy atom. The molecule has 52 valence electrons. The van der Waals surface area contributed by atoms with E-state index in [9.17, 15) is 0 Å². The van der Waals surface area contributed by atoms with Gasteiger partial charge in [-0.1, -0.05) is 12.2 Å². The van der Waals surface area contributed by atoms with E-state index in [4.69, 9.17) is 18.0 Å². The maximum Gasteiger partial charge on any atom is 0.105 e. The van der Waals surface area contributed by atoms with E-state index in [0.29, 0.717) is 4.99 Å². The Morgan fingerprint density at radius 3 is 2.80 bits per heavy atom. The smallest absolute Gasteiger partial charge is 0.105 e. The molecular formula is C7H8N2S. The van der Waals surface area contributed by atoms with Crippen LogP contribution in [0.2, 0.25) is 0 Å². The van der Waals surface area contributed by atoms with Gasteiger partial charge in [-0.25, -0.2) is 0 Å². The van der Waals surface area contributed by atoms with Gasteiger partial charge in [0.05, 0.1) is 0 Å². The lowest BCUT2D eigenvalue weighted by Crippen LogP contribution is -2.11. The SMILES string of the molecule is Cc1ncccc1C(N)=S. The van der Waals surface area contributed by atoms with Crippen molar-refractivity contribution >= 4 is 17.2 Å². The van der Waals surface area contributed by atoms with Crippen molar-refractivity contribution < 1.29 is 0 Å². The van der Waals surface area contributed by atoms with Crippen molar-refractivity contribution in [1.29, 1.82) is 0 Å². The lowest BCUT2D eigenvalue weighted by atomic mass is 10.2. The summed E-state index contributed by atoms with van der Waals surface area (Å²) in [6, 6.07) is 3.69. The number of rotatable bonds is 1. The molecule has 0 aliphatic rings. The third-order valence-electron chi connectivity index (χ3n) is 1.27. The van der Waals surface area contributed by atoms with E-state index in [0.717, 1.165) is 11.3 Å². The molecule has 0 atom stereocenters. The highest BCUT2D eigenvalue weighted by Gasteiger charge is 1.98. The summed E-state index contributed by atoms with van der Waals surface area (Å²) in [4.78, 5) is 4.44. The predicted octanol–water partition coefficient (Wildman–Crippen LogP) is 1.02. The minimum atomic E-state index is 0.408. The maximum absolute atomic E-state index is 5.41. The topological polar surface area (TPSA) is 38.9 Å². The Bertz CT molecular complexity index is 258. The maximum atomic E-state index is 5.41. The van der Waals surface area contributed by atoms with Gasteiger partial charge in [-0.3, -0.25) is 4.98 Å². The summed E-state index contributed by atoms with van der Waals surface area (Å²) < 4.78 is 0. The summed E-state index contributed by atoms with van der Waals surface area (Å²) in [5.41, 5.74) is 7.15. The Labute approximate surface area is 65.1 Å². The van der Waals surface area contributed by atoms with Crippen molar-refractivity contribution in [3.63, 3.8) is 0 Å². The highest BCUT2D eigenvalue weighted by molar-refractivity contribution is 7.80. The Hall–Kier alpha value is -0.960. The molecule has 0 saturated carbocycles. The molecule has 10 heavy (non-hydrogen) atoms. The molecule has 3 heteroatoms. The van der Waals surface area contributed by atoms with E-state index in [-0.39, 0.29) is 0 Å². The predicted molar refractivity (Wildman–Crippen MR) is 44.9 cm³/mol. The number of hydrogen-bond acceptors (Lipinski definition) is 2. The second-order valence-electron chi connectivity index (χ2n) is 2.00. The average molecular weight is 152 g/mol. The summed E-state index contributed by atoms with van der Waals surface area (Å²) in [5.74, 6) is 0. The molecular weight excluding hydrogens is 144 g/mol. The Kier molecular flexibility index (Phi) is 1.97. The standard InChI is InChI=1S/C7H8N2S/c1-5-6(7(8)10)3-2-4-9-5/h2-4H,1H3,(H2,8,10). The fourth-order valence-corrected chi connectivity index (χ4v) is 0.960. The fourth-order valence-electron chi connectivity index (χ4n) is 0.745. The molecule has 1 aromatic rings. The van der Waals surface area contributed by atoms with Crippen LogP contribution in [0.15, 0.2) is 18.3 Å². The van der Waals surface area contributed by atoms with E-state index < -0.39 is 0 Å². The number of pyridine rings is 1. The summed E-state index contributed by atoms with van der Waals surface area (Å²) in [5, 5.41) is 0. The van der Waals surface area contributed by atoms with Crippen LogP contribution in [0, 0.1) is 6.92 Å². The number of aryl methyl sites for hydroxylation is 1. The third kappa shape index (κ3) is 1.30. The molecule has 0 fully saturated rings. The van der Waals surface area contributed by atoms with Gasteiger partial charge in [0, 0.05) is 17.5 Å². The first-order valence-corrected chi connectivity index (χ1v) is 3.34. The van der Waals surface area contributed by atoms with Crippen LogP contribution in [0.25, 0.3) is 0 Å². The molecule has 0 aromatic carbocycles. The molecule has 1 aromatic heterocycles. The van der Waals surface area contributed by atoms with Crippen molar-refractivity contribution in [1.82, 2.24) is 4.98 Å². The molecule has 1 rings (SSSR count). The molecule has 0 spiro atoms. The van der Waals surface area contributed by atoms with Crippen molar-refractivity contribution in [3.8, 4) is 0 Å². The summed E-state index contributed by atoms with van der Waals surface area (Å²) in [6.07, 6.45) is 1.72. The number of aromatic nitrogens is 1. The third-order valence-corrected chi connectivity index (χ3v) is 1.49. The molecule has 0 unspecified atom stereocenters. The molecule has 0 saturated heterocycles. The quantitative estimate of drug-likeness (QED) is 0.611. The van der Waals surface area contributed by atoms with E-state index in [1.807, 2.05) is 19.1 Å². The molecule has 1 heterocycles. The van der Waals surface area contributed by atoms with Gasteiger partial charge >= 0.3 is 0 Å². The van der Waals surface area contributed by atoms with Gasteiger partial charge < -0.3 is 5.73 Å². The van der Waals surface area contributed by atoms with Gasteiger partial charge in [0.25, 0.3) is 0 Å². The molecule has 0 aliphatic heterocycles. The second-order valence-corrected chi connectivity index (χ2v) is 2.44. The largest absolute Gasteiger partial charge is 0.389 e. The minimum Gasteiger partial charge on any atom is -0.389 e. The number of nitrogens with zero attached hydrogens (tertiary/aromatic N) is 1. The first kappa shape index (κ1) is 7.15. The summed E-state index contributed by atoms with van der Waals surface area (Å²) >= 11 is 4.79. The molecule has 2 nitrogen and oxygen atoms in total. The lowest BCUT2D eigenvalue weighted by molar-refractivity contribution is 1.19. The molecule has 0 amide bonds. The minimum absolute atomic E-state index is 0.408. The number of thiocarbonyl (C=S) groups is 1. The van der Waals surface area contributed by atoms with Crippen molar-refractivity contribution in [2.24, 2.45) is 5.73 Å². The van der Waals surface area contributed by atoms with Crippen LogP contribution < -0.4 is 5.73 Å². The van der Waals surface area contributed by atoms with Gasteiger partial charge in [0.2, 0.25) is 0 Å². The zero-order valence-corrected chi connectivity index (χ0v) is 6.48. The van der Waals surface area contributed by atoms with Crippen LogP contribution in [-0.2, 0) is 0 Å². The van der Waals surface area contributed by atoms with Crippen molar-refractivity contribution in [2.45, 2.75) is 6.92 Å². The number of nitrogens with two attached hydrogens (primary N) is 1. The normalized spacial score (nSPS) is 9.30. The fraction of sp³-hybridized carbons (Fsp3) is 0.143. The van der Waals surface area contributed by atoms with E-state index in [1.165, 1.54) is 0 Å². The Balaban J connectivity index is 3.15. The zero-order chi connectivity index (χ0) is 7.56. The molecule has 0 aliphatic carbocycles. The zero-order valence-electron chi connectivity index (χ0n) is 5.66. The van der Waals surface area contributed by atoms with Gasteiger partial charge in [0.15, 0.2) is 0 Å². The van der Waals surface area contributed by atoms with Crippen LogP contribution in [0.4, 0.5) is 0 Å². The lowest BCUT2D eigenvalue weighted by Gasteiger charge is -1.99.